The van der Waals surface area contributed by atoms with Crippen LogP contribution in [-0.4, -0.2) is 184 Å². The quantitative estimate of drug-likeness (QED) is 0.0113. The molecule has 90 heavy (non-hydrogen) atoms. The third kappa shape index (κ3) is 24.8. The molecule has 1 aliphatic rings. The van der Waals surface area contributed by atoms with Gasteiger partial charge in [-0.2, -0.15) is 0 Å². The average Bonchev–Trinajstić information content (AvgIpc) is 2.11. The molecule has 3 aromatic carbocycles. The van der Waals surface area contributed by atoms with Gasteiger partial charge < -0.3 is 107 Å². The number of carbonyl (C=O) groups excluding carboxylic acids is 9. The lowest BCUT2D eigenvalue weighted by Gasteiger charge is -2.32. The molecular formula is C59H88N18O13. The molecule has 31 nitrogen and oxygen atoms in total. The summed E-state index contributed by atoms with van der Waals surface area (Å²) >= 11 is 0. The van der Waals surface area contributed by atoms with Crippen LogP contribution in [0.1, 0.15) is 88.3 Å². The van der Waals surface area contributed by atoms with E-state index in [1.54, 1.807) is 19.1 Å². The van der Waals surface area contributed by atoms with E-state index in [-0.39, 0.29) is 119 Å². The highest BCUT2D eigenvalue weighted by Gasteiger charge is 2.41. The summed E-state index contributed by atoms with van der Waals surface area (Å²) in [4.78, 5) is 139. The molecule has 1 heterocycles. The van der Waals surface area contributed by atoms with Crippen LogP contribution in [0.25, 0.3) is 0 Å². The number of aliphatic hydroxyl groups is 1. The van der Waals surface area contributed by atoms with Gasteiger partial charge in [0.1, 0.15) is 65.8 Å². The van der Waals surface area contributed by atoms with Crippen LogP contribution in [0.15, 0.2) is 87.8 Å². The highest BCUT2D eigenvalue weighted by molar-refractivity contribution is 5.98. The summed E-state index contributed by atoms with van der Waals surface area (Å²) in [6.45, 7) is 2.93. The SMILES string of the molecule is CC[C@H](C)[C@H](NC(=O)[C@@H](N)CCCN=C(N)N)C(=O)N1CCC[C@H]1C(=O)N[C@@H](CO)C(=O)N[C@@H](Cc1ccc(O)cc1)C(=O)N[C@@H](CCCN=C(N)N)C(=O)N[C@@H](Cc1ccc(O)cc1)C(=O)N[C@@H](CCCN=C(N)N)C(=O)N[C@H](C=O)Cc1ccc(O)cc1. The standard InChI is InChI=1S/C59H88N18O13/c1-3-33(2)48(76-49(83)41(60)8-4-24-67-57(61)62)56(90)77-27-7-11-47(77)55(89)75-46(32-79)54(88)74-45(30-36-16-22-40(82)23-17-36)53(87)72-43(10-6-26-69-59(65)66)51(85)73-44(29-35-14-20-39(81)21-15-35)52(86)71-42(9-5-25-68-58(63)64)50(84)70-37(31-78)28-34-12-18-38(80)19-13-34/h12-23,31,33,37,41-48,79-82H,3-11,24-30,32,60H2,1-2H3,(H,70,84)(H,71,86)(H,72,87)(H,73,85)(H,74,88)(H,75,89)(H,76,83)(H4,61,62,67)(H4,63,64,68)(H4,65,66,69)/t33-,37-,41-,42-,43-,44-,45-,46-,47-,48-/m0/s1. The van der Waals surface area contributed by atoms with Crippen molar-refractivity contribution >= 4 is 71.4 Å². The number of likely N-dealkylation sites (tertiary alicyclic amines) is 1. The third-order valence-corrected chi connectivity index (χ3v) is 14.8. The molecule has 492 valence electrons. The Morgan fingerprint density at radius 3 is 1.34 bits per heavy atom. The minimum atomic E-state index is -1.72. The molecule has 0 unspecified atom stereocenters. The monoisotopic (exact) mass is 1260 g/mol. The Labute approximate surface area is 521 Å². The number of nitrogens with two attached hydrogens (primary N) is 7. The van der Waals surface area contributed by atoms with E-state index in [2.05, 4.69) is 52.2 Å². The fraction of sp³-hybridized carbons (Fsp3) is 0.492. The van der Waals surface area contributed by atoms with Crippen LogP contribution in [0.4, 0.5) is 0 Å². The molecule has 25 N–H and O–H groups in total. The fourth-order valence-corrected chi connectivity index (χ4v) is 9.63. The molecule has 0 radical (unpaired) electrons. The van der Waals surface area contributed by atoms with Crippen molar-refractivity contribution < 1.29 is 63.6 Å². The number of nitrogens with one attached hydrogen (secondary N) is 7. The number of benzene rings is 3. The molecule has 0 aliphatic carbocycles. The Hall–Kier alpha value is -9.78. The molecule has 1 saturated heterocycles. The summed E-state index contributed by atoms with van der Waals surface area (Å²) in [5, 5.41) is 59.0. The van der Waals surface area contributed by atoms with Crippen molar-refractivity contribution in [3.63, 3.8) is 0 Å². The lowest BCUT2D eigenvalue weighted by Crippen LogP contribution is -2.61. The number of aliphatic hydroxyl groups excluding tert-OH is 1. The first-order chi connectivity index (χ1) is 42.8. The molecule has 0 spiro atoms. The second-order valence-corrected chi connectivity index (χ2v) is 21.9. The van der Waals surface area contributed by atoms with Crippen molar-refractivity contribution in [2.75, 3.05) is 32.8 Å². The van der Waals surface area contributed by atoms with E-state index in [9.17, 15) is 63.6 Å². The van der Waals surface area contributed by atoms with Crippen LogP contribution >= 0.6 is 0 Å². The molecule has 4 rings (SSSR count). The maximum atomic E-state index is 14.7. The zero-order chi connectivity index (χ0) is 66.5. The van der Waals surface area contributed by atoms with Gasteiger partial charge in [0.2, 0.25) is 47.3 Å². The number of nitrogens with zero attached hydrogens (tertiary/aromatic N) is 4. The zero-order valence-corrected chi connectivity index (χ0v) is 50.6. The third-order valence-electron chi connectivity index (χ3n) is 14.8. The molecular weight excluding hydrogens is 1170 g/mol. The number of hydrogen-bond donors (Lipinski definition) is 18. The molecule has 10 atom stereocenters. The van der Waals surface area contributed by atoms with E-state index in [0.29, 0.717) is 42.2 Å². The number of hydrogen-bond acceptors (Lipinski definition) is 17. The zero-order valence-electron chi connectivity index (χ0n) is 50.6. The molecule has 0 bridgehead atoms. The van der Waals surface area contributed by atoms with Gasteiger partial charge in [-0.25, -0.2) is 0 Å². The minimum absolute atomic E-state index is 0.0161. The molecule has 8 amide bonds. The van der Waals surface area contributed by atoms with Gasteiger partial charge in [0.05, 0.1) is 18.7 Å². The van der Waals surface area contributed by atoms with Crippen molar-refractivity contribution in [2.24, 2.45) is 61.0 Å². The van der Waals surface area contributed by atoms with E-state index >= 15 is 0 Å². The fourth-order valence-electron chi connectivity index (χ4n) is 9.63. The number of aldehydes is 1. The van der Waals surface area contributed by atoms with Gasteiger partial charge >= 0.3 is 0 Å². The van der Waals surface area contributed by atoms with Crippen molar-refractivity contribution in [2.45, 2.75) is 145 Å². The van der Waals surface area contributed by atoms with Crippen LogP contribution in [-0.2, 0) is 62.4 Å². The summed E-state index contributed by atoms with van der Waals surface area (Å²) < 4.78 is 0. The van der Waals surface area contributed by atoms with Gasteiger partial charge in [0.25, 0.3) is 0 Å². The highest BCUT2D eigenvalue weighted by Crippen LogP contribution is 2.23. The summed E-state index contributed by atoms with van der Waals surface area (Å²) in [5.74, 6) is -7.94. The van der Waals surface area contributed by atoms with Crippen molar-refractivity contribution in [1.82, 2.24) is 42.1 Å². The lowest BCUT2D eigenvalue weighted by atomic mass is 9.96. The predicted molar refractivity (Wildman–Crippen MR) is 334 cm³/mol. The maximum Gasteiger partial charge on any atom is 0.246 e. The minimum Gasteiger partial charge on any atom is -0.508 e. The van der Waals surface area contributed by atoms with E-state index < -0.39 is 114 Å². The van der Waals surface area contributed by atoms with E-state index in [1.165, 1.54) is 65.6 Å². The van der Waals surface area contributed by atoms with Gasteiger partial charge in [-0.1, -0.05) is 56.7 Å². The molecule has 31 heteroatoms. The van der Waals surface area contributed by atoms with E-state index in [4.69, 9.17) is 40.1 Å². The second-order valence-electron chi connectivity index (χ2n) is 21.9. The highest BCUT2D eigenvalue weighted by atomic mass is 16.3. The maximum absolute atomic E-state index is 14.7. The van der Waals surface area contributed by atoms with E-state index in [0.717, 1.165) is 0 Å². The largest absolute Gasteiger partial charge is 0.508 e. The van der Waals surface area contributed by atoms with Crippen LogP contribution < -0.4 is 77.4 Å². The molecule has 3 aromatic rings. The normalized spacial score (nSPS) is 15.6. The predicted octanol–water partition coefficient (Wildman–Crippen LogP) is -4.06. The van der Waals surface area contributed by atoms with Crippen LogP contribution in [0.3, 0.4) is 0 Å². The number of phenols is 3. The lowest BCUT2D eigenvalue weighted by molar-refractivity contribution is -0.143. The number of aliphatic imine (C=N–C) groups is 3. The van der Waals surface area contributed by atoms with Crippen molar-refractivity contribution in [1.29, 1.82) is 0 Å². The van der Waals surface area contributed by atoms with Gasteiger partial charge in [-0.05, 0) is 117 Å². The molecule has 0 aromatic heterocycles. The first-order valence-electron chi connectivity index (χ1n) is 29.6. The number of rotatable bonds is 37. The Morgan fingerprint density at radius 1 is 0.544 bits per heavy atom. The van der Waals surface area contributed by atoms with Crippen LogP contribution in [0, 0.1) is 5.92 Å². The van der Waals surface area contributed by atoms with Gasteiger partial charge in [-0.3, -0.25) is 53.3 Å². The van der Waals surface area contributed by atoms with Gasteiger partial charge in [0, 0.05) is 39.0 Å². The smallest absolute Gasteiger partial charge is 0.246 e. The Bertz CT molecular complexity index is 2960. The second kappa shape index (κ2) is 37.2. The summed E-state index contributed by atoms with van der Waals surface area (Å²) in [6.07, 6.45) is 1.50. The number of phenolic OH excluding ortho intramolecular Hbond substituents is 3. The number of amides is 8. The summed E-state index contributed by atoms with van der Waals surface area (Å²) in [5.41, 5.74) is 40.6. The molecule has 0 saturated carbocycles. The van der Waals surface area contributed by atoms with Crippen LogP contribution in [0.2, 0.25) is 0 Å². The van der Waals surface area contributed by atoms with Gasteiger partial charge in [-0.15, -0.1) is 0 Å². The Balaban J connectivity index is 1.63. The van der Waals surface area contributed by atoms with Crippen molar-refractivity contribution in [3.05, 3.63) is 89.5 Å². The first-order valence-corrected chi connectivity index (χ1v) is 29.6. The van der Waals surface area contributed by atoms with Crippen molar-refractivity contribution in [3.8, 4) is 17.2 Å². The first kappa shape index (κ1) is 72.7. The Kier molecular flexibility index (Phi) is 30.0. The van der Waals surface area contributed by atoms with E-state index in [1.807, 2.05) is 6.92 Å². The summed E-state index contributed by atoms with van der Waals surface area (Å²) in [7, 11) is 0. The topological polar surface area (TPSA) is 541 Å². The average molecular weight is 1260 g/mol. The number of aromatic hydroxyl groups is 3. The molecule has 1 aliphatic heterocycles. The van der Waals surface area contributed by atoms with Crippen LogP contribution in [0.5, 0.6) is 17.2 Å². The Morgan fingerprint density at radius 2 is 0.933 bits per heavy atom. The van der Waals surface area contributed by atoms with Gasteiger partial charge in [0.15, 0.2) is 17.9 Å². The summed E-state index contributed by atoms with van der Waals surface area (Å²) in [6, 6.07) is 5.17. The molecule has 1 fully saturated rings. The number of guanidine groups is 3. The number of carbonyl (C=O) groups is 9.